The molecule has 2 amide bonds. The van der Waals surface area contributed by atoms with E-state index < -0.39 is 5.91 Å². The van der Waals surface area contributed by atoms with Crippen LogP contribution in [0.4, 0.5) is 0 Å². The summed E-state index contributed by atoms with van der Waals surface area (Å²) < 4.78 is 16.8. The Balaban J connectivity index is 1.30. The van der Waals surface area contributed by atoms with Crippen LogP contribution in [0.25, 0.3) is 6.08 Å². The summed E-state index contributed by atoms with van der Waals surface area (Å²) in [6.45, 7) is 4.54. The van der Waals surface area contributed by atoms with Gasteiger partial charge in [0.15, 0.2) is 17.3 Å². The fourth-order valence-corrected chi connectivity index (χ4v) is 5.02. The molecule has 0 bridgehead atoms. The predicted octanol–water partition coefficient (Wildman–Crippen LogP) is 3.45. The molecule has 2 aromatic rings. The standard InChI is InChI=1S/C27H27N5O5S/c1-17-5-3-4-6-19(17)16-37-21-8-7-18(14-22(21)35-2)13-20-25(28)32-27(29-26(20)34)38-23(30-32)15-24(33)31-9-11-36-12-10-31/h3-8,13-14,28H,9-12,15-16H2,1-2H3. The van der Waals surface area contributed by atoms with Crippen LogP contribution in [0.15, 0.2) is 58.1 Å². The summed E-state index contributed by atoms with van der Waals surface area (Å²) in [5, 5.41) is 15.1. The summed E-state index contributed by atoms with van der Waals surface area (Å²) in [5.41, 5.74) is 2.95. The molecule has 1 fully saturated rings. The van der Waals surface area contributed by atoms with Gasteiger partial charge < -0.3 is 19.1 Å². The highest BCUT2D eigenvalue weighted by Gasteiger charge is 2.36. The molecule has 38 heavy (non-hydrogen) atoms. The summed E-state index contributed by atoms with van der Waals surface area (Å²) in [6.07, 6.45) is 1.66. The molecule has 3 aliphatic rings. The molecule has 1 saturated heterocycles. The van der Waals surface area contributed by atoms with Gasteiger partial charge in [-0.25, -0.2) is 0 Å². The van der Waals surface area contributed by atoms with Crippen LogP contribution >= 0.6 is 11.8 Å². The number of hydrogen-bond donors (Lipinski definition) is 1. The van der Waals surface area contributed by atoms with Gasteiger partial charge in [-0.2, -0.15) is 15.1 Å². The minimum atomic E-state index is -0.538. The third-order valence-electron chi connectivity index (χ3n) is 6.31. The summed E-state index contributed by atoms with van der Waals surface area (Å²) in [5.74, 6) is 0.373. The van der Waals surface area contributed by atoms with Crippen molar-refractivity contribution >= 4 is 45.7 Å². The molecule has 5 rings (SSSR count). The van der Waals surface area contributed by atoms with Gasteiger partial charge in [-0.15, -0.1) is 0 Å². The van der Waals surface area contributed by atoms with E-state index in [1.807, 2.05) is 31.2 Å². The lowest BCUT2D eigenvalue weighted by Gasteiger charge is -2.26. The molecular weight excluding hydrogens is 506 g/mol. The molecule has 10 nitrogen and oxygen atoms in total. The average Bonchev–Trinajstić information content (AvgIpc) is 3.33. The maximum absolute atomic E-state index is 12.8. The van der Waals surface area contributed by atoms with E-state index in [4.69, 9.17) is 19.6 Å². The number of nitrogens with one attached hydrogen (secondary N) is 1. The number of aryl methyl sites for hydroxylation is 1. The van der Waals surface area contributed by atoms with Crippen molar-refractivity contribution in [1.29, 1.82) is 5.41 Å². The summed E-state index contributed by atoms with van der Waals surface area (Å²) in [4.78, 5) is 31.3. The minimum Gasteiger partial charge on any atom is -0.493 e. The number of rotatable bonds is 7. The van der Waals surface area contributed by atoms with Gasteiger partial charge in [-0.1, -0.05) is 30.3 Å². The Morgan fingerprint density at radius 1 is 1.18 bits per heavy atom. The van der Waals surface area contributed by atoms with Crippen LogP contribution < -0.4 is 9.47 Å². The molecule has 0 saturated carbocycles. The number of ether oxygens (including phenoxy) is 3. The highest BCUT2D eigenvalue weighted by molar-refractivity contribution is 8.27. The fraction of sp³-hybridized carbons (Fsp3) is 0.296. The van der Waals surface area contributed by atoms with Crippen molar-refractivity contribution in [2.24, 2.45) is 10.1 Å². The zero-order valence-corrected chi connectivity index (χ0v) is 21.9. The molecule has 0 aromatic heterocycles. The van der Waals surface area contributed by atoms with Crippen molar-refractivity contribution in [2.45, 2.75) is 20.0 Å². The Labute approximate surface area is 224 Å². The van der Waals surface area contributed by atoms with Crippen molar-refractivity contribution < 1.29 is 23.8 Å². The first kappa shape index (κ1) is 25.7. The minimum absolute atomic E-state index is 0.0644. The van der Waals surface area contributed by atoms with Crippen LogP contribution in [-0.2, 0) is 20.9 Å². The van der Waals surface area contributed by atoms with E-state index in [0.717, 1.165) is 22.9 Å². The van der Waals surface area contributed by atoms with Gasteiger partial charge >= 0.3 is 0 Å². The number of hydrazone groups is 1. The van der Waals surface area contributed by atoms with E-state index in [2.05, 4.69) is 10.1 Å². The maximum atomic E-state index is 12.8. The molecule has 0 atom stereocenters. The summed E-state index contributed by atoms with van der Waals surface area (Å²) in [7, 11) is 1.55. The van der Waals surface area contributed by atoms with Crippen molar-refractivity contribution in [1.82, 2.24) is 9.91 Å². The molecule has 3 aliphatic heterocycles. The average molecular weight is 534 g/mol. The highest BCUT2D eigenvalue weighted by Crippen LogP contribution is 2.32. The van der Waals surface area contributed by atoms with Crippen LogP contribution in [0.3, 0.4) is 0 Å². The number of nitrogens with zero attached hydrogens (tertiary/aromatic N) is 4. The lowest BCUT2D eigenvalue weighted by molar-refractivity contribution is -0.133. The van der Waals surface area contributed by atoms with Gasteiger partial charge in [0.25, 0.3) is 5.91 Å². The Morgan fingerprint density at radius 3 is 2.74 bits per heavy atom. The van der Waals surface area contributed by atoms with E-state index in [9.17, 15) is 9.59 Å². The number of methoxy groups -OCH3 is 1. The van der Waals surface area contributed by atoms with E-state index >= 15 is 0 Å². The van der Waals surface area contributed by atoms with Gasteiger partial charge in [0, 0.05) is 13.1 Å². The first-order valence-corrected chi connectivity index (χ1v) is 12.9. The van der Waals surface area contributed by atoms with Crippen molar-refractivity contribution in [2.75, 3.05) is 33.4 Å². The first-order chi connectivity index (χ1) is 18.4. The van der Waals surface area contributed by atoms with Gasteiger partial charge in [-0.05, 0) is 53.6 Å². The number of thioether (sulfide) groups is 1. The number of benzene rings is 2. The number of amidine groups is 2. The van der Waals surface area contributed by atoms with Gasteiger partial charge in [-0.3, -0.25) is 15.0 Å². The van der Waals surface area contributed by atoms with Crippen molar-refractivity contribution in [3.8, 4) is 11.5 Å². The second-order valence-electron chi connectivity index (χ2n) is 8.81. The molecule has 3 heterocycles. The number of morpholine rings is 1. The Morgan fingerprint density at radius 2 is 1.97 bits per heavy atom. The van der Waals surface area contributed by atoms with Crippen LogP contribution in [0, 0.1) is 12.3 Å². The molecule has 0 spiro atoms. The fourth-order valence-electron chi connectivity index (χ4n) is 4.14. The number of aliphatic imine (C=N–C) groups is 1. The van der Waals surface area contributed by atoms with Crippen LogP contribution in [0.1, 0.15) is 23.1 Å². The quantitative estimate of drug-likeness (QED) is 0.542. The highest BCUT2D eigenvalue weighted by atomic mass is 32.2. The number of amides is 2. The molecule has 11 heteroatoms. The van der Waals surface area contributed by atoms with Gasteiger partial charge in [0.2, 0.25) is 11.1 Å². The predicted molar refractivity (Wildman–Crippen MR) is 146 cm³/mol. The van der Waals surface area contributed by atoms with Crippen molar-refractivity contribution in [3.05, 3.63) is 64.7 Å². The first-order valence-electron chi connectivity index (χ1n) is 12.1. The second-order valence-corrected chi connectivity index (χ2v) is 9.85. The molecular formula is C27H27N5O5S. The SMILES string of the molecule is COc1cc(C=C2C(=N)N3N=C(CC(=O)N4CCOCC4)SC3=NC2=O)ccc1OCc1ccccc1C. The third-order valence-corrected chi connectivity index (χ3v) is 7.21. The van der Waals surface area contributed by atoms with Crippen LogP contribution in [0.2, 0.25) is 0 Å². The summed E-state index contributed by atoms with van der Waals surface area (Å²) >= 11 is 1.14. The molecule has 0 radical (unpaired) electrons. The third kappa shape index (κ3) is 5.48. The lowest BCUT2D eigenvalue weighted by atomic mass is 10.1. The molecule has 2 aromatic carbocycles. The summed E-state index contributed by atoms with van der Waals surface area (Å²) in [6, 6.07) is 13.3. The molecule has 196 valence electrons. The number of fused-ring (bicyclic) bond motifs is 1. The zero-order chi connectivity index (χ0) is 26.6. The molecule has 0 aliphatic carbocycles. The van der Waals surface area contributed by atoms with Crippen LogP contribution in [-0.4, -0.2) is 71.2 Å². The Bertz CT molecular complexity index is 1380. The molecule has 0 unspecified atom stereocenters. The maximum Gasteiger partial charge on any atom is 0.283 e. The van der Waals surface area contributed by atoms with Gasteiger partial charge in [0.05, 0.1) is 32.3 Å². The normalized spacial score (nSPS) is 18.3. The number of hydrogen-bond acceptors (Lipinski definition) is 8. The monoisotopic (exact) mass is 533 g/mol. The molecule has 1 N–H and O–H groups in total. The van der Waals surface area contributed by atoms with E-state index in [1.165, 1.54) is 5.01 Å². The topological polar surface area (TPSA) is 117 Å². The lowest BCUT2D eigenvalue weighted by Crippen LogP contribution is -2.41. The van der Waals surface area contributed by atoms with E-state index in [0.29, 0.717) is 55.0 Å². The van der Waals surface area contributed by atoms with Gasteiger partial charge in [0.1, 0.15) is 11.7 Å². The number of carbonyl (C=O) groups excluding carboxylic acids is 2. The smallest absolute Gasteiger partial charge is 0.283 e. The van der Waals surface area contributed by atoms with Crippen LogP contribution in [0.5, 0.6) is 11.5 Å². The van der Waals surface area contributed by atoms with Crippen molar-refractivity contribution in [3.63, 3.8) is 0 Å². The van der Waals surface area contributed by atoms with E-state index in [1.54, 1.807) is 36.3 Å². The Hall–Kier alpha value is -3.96. The van der Waals surface area contributed by atoms with E-state index in [-0.39, 0.29) is 28.9 Å². The Kier molecular flexibility index (Phi) is 7.57. The second kappa shape index (κ2) is 11.2. The zero-order valence-electron chi connectivity index (χ0n) is 21.1. The largest absolute Gasteiger partial charge is 0.493 e. The number of carbonyl (C=O) groups is 2.